The van der Waals surface area contributed by atoms with Crippen LogP contribution >= 0.6 is 0 Å². The monoisotopic (exact) mass is 623 g/mol. The highest BCUT2D eigenvalue weighted by Gasteiger charge is 2.27. The fourth-order valence-corrected chi connectivity index (χ4v) is 5.24. The van der Waals surface area contributed by atoms with E-state index < -0.39 is 40.9 Å². The minimum absolute atomic E-state index is 0.143. The molecule has 0 aromatic heterocycles. The van der Waals surface area contributed by atoms with Crippen LogP contribution in [-0.4, -0.2) is 65.3 Å². The molecule has 0 saturated heterocycles. The van der Waals surface area contributed by atoms with Gasteiger partial charge in [-0.1, -0.05) is 12.2 Å². The maximum absolute atomic E-state index is 15.3. The molecule has 0 bridgehead atoms. The Morgan fingerprint density at radius 2 is 1.16 bits per heavy atom. The first kappa shape index (κ1) is 33.7. The molecule has 2 aliphatic rings. The average molecular weight is 624 g/mol. The van der Waals surface area contributed by atoms with Crippen molar-refractivity contribution in [3.05, 3.63) is 75.9 Å². The summed E-state index contributed by atoms with van der Waals surface area (Å²) in [6.45, 7) is 15.7. The number of hydrogen-bond acceptors (Lipinski definition) is 5. The van der Waals surface area contributed by atoms with E-state index in [4.69, 9.17) is 9.47 Å². The minimum atomic E-state index is -0.604. The lowest BCUT2D eigenvalue weighted by atomic mass is 9.94. The van der Waals surface area contributed by atoms with E-state index in [-0.39, 0.29) is 11.3 Å². The predicted octanol–water partition coefficient (Wildman–Crippen LogP) is 7.88. The molecule has 3 amide bonds. The second-order valence-corrected chi connectivity index (χ2v) is 13.6. The van der Waals surface area contributed by atoms with Gasteiger partial charge in [0.05, 0.1) is 0 Å². The van der Waals surface area contributed by atoms with Gasteiger partial charge in [-0.05, 0) is 115 Å². The van der Waals surface area contributed by atoms with Crippen LogP contribution in [0.25, 0.3) is 11.1 Å². The number of nitrogens with one attached hydrogen (secondary N) is 1. The van der Waals surface area contributed by atoms with Crippen molar-refractivity contribution in [1.82, 2.24) is 9.80 Å². The molecule has 45 heavy (non-hydrogen) atoms. The molecule has 8 nitrogen and oxygen atoms in total. The number of hydrogen-bond donors (Lipinski definition) is 1. The third-order valence-corrected chi connectivity index (χ3v) is 7.53. The summed E-state index contributed by atoms with van der Waals surface area (Å²) in [6.07, 6.45) is 3.70. The second-order valence-electron chi connectivity index (χ2n) is 13.6. The molecule has 0 unspecified atom stereocenters. The molecule has 242 valence electrons. The average Bonchev–Trinajstić information content (AvgIpc) is 2.94. The van der Waals surface area contributed by atoms with Crippen molar-refractivity contribution in [3.8, 4) is 0 Å². The number of nitrogens with zero attached hydrogens (tertiary/aromatic N) is 2. The molecular formula is C35H43F2N3O5. The Hall–Kier alpha value is -4.21. The highest BCUT2D eigenvalue weighted by Crippen LogP contribution is 2.31. The number of anilines is 1. The molecule has 0 saturated carbocycles. The van der Waals surface area contributed by atoms with Crippen molar-refractivity contribution in [2.24, 2.45) is 0 Å². The molecule has 0 radical (unpaired) electrons. The van der Waals surface area contributed by atoms with Crippen LogP contribution in [0.15, 0.2) is 36.4 Å². The van der Waals surface area contributed by atoms with Crippen LogP contribution in [0.3, 0.4) is 0 Å². The van der Waals surface area contributed by atoms with Gasteiger partial charge in [0.25, 0.3) is 5.91 Å². The number of benzene rings is 2. The smallest absolute Gasteiger partial charge is 0.410 e. The number of halogens is 2. The molecular weight excluding hydrogens is 580 g/mol. The highest BCUT2D eigenvalue weighted by molar-refractivity contribution is 6.06. The summed E-state index contributed by atoms with van der Waals surface area (Å²) < 4.78 is 41.5. The molecule has 0 aliphatic carbocycles. The number of amides is 3. The van der Waals surface area contributed by atoms with Crippen LogP contribution in [0.4, 0.5) is 24.1 Å². The van der Waals surface area contributed by atoms with Gasteiger partial charge in [-0.2, -0.15) is 0 Å². The van der Waals surface area contributed by atoms with Crippen molar-refractivity contribution in [2.75, 3.05) is 31.5 Å². The maximum atomic E-state index is 15.3. The Kier molecular flexibility index (Phi) is 9.75. The van der Waals surface area contributed by atoms with Gasteiger partial charge >= 0.3 is 12.2 Å². The Bertz CT molecular complexity index is 1570. The summed E-state index contributed by atoms with van der Waals surface area (Å²) in [6, 6.07) is 5.77. The van der Waals surface area contributed by atoms with Crippen molar-refractivity contribution in [1.29, 1.82) is 0 Å². The molecule has 0 atom stereocenters. The Balaban J connectivity index is 1.45. The lowest BCUT2D eigenvalue weighted by Gasteiger charge is -2.30. The molecule has 0 spiro atoms. The van der Waals surface area contributed by atoms with E-state index in [2.05, 4.69) is 5.32 Å². The van der Waals surface area contributed by atoms with E-state index in [1.54, 1.807) is 83.4 Å². The zero-order chi connectivity index (χ0) is 33.3. The third-order valence-electron chi connectivity index (χ3n) is 7.53. The predicted molar refractivity (Wildman–Crippen MR) is 171 cm³/mol. The van der Waals surface area contributed by atoms with Crippen LogP contribution in [-0.2, 0) is 9.47 Å². The van der Waals surface area contributed by atoms with Crippen molar-refractivity contribution < 1.29 is 32.6 Å². The summed E-state index contributed by atoms with van der Waals surface area (Å²) in [4.78, 5) is 41.1. The van der Waals surface area contributed by atoms with E-state index in [1.165, 1.54) is 12.1 Å². The quantitative estimate of drug-likeness (QED) is 0.374. The fourth-order valence-electron chi connectivity index (χ4n) is 5.24. The Morgan fingerprint density at radius 3 is 1.58 bits per heavy atom. The Morgan fingerprint density at radius 1 is 0.711 bits per heavy atom. The molecule has 4 rings (SSSR count). The van der Waals surface area contributed by atoms with Gasteiger partial charge in [-0.3, -0.25) is 4.79 Å². The standard InChI is InChI=1S/C35H43F2N3O5/c1-21-17-26(23-9-13-39(14-10-23)32(42)44-34(3,4)5)28(36)19-25(21)31(41)38-30-20-29(37)27(18-22(30)2)24-11-15-40(16-12-24)33(43)45-35(6,7)8/h9,11,17-20H,10,12-16H2,1-8H3,(H,38,41). The van der Waals surface area contributed by atoms with Gasteiger partial charge in [-0.15, -0.1) is 0 Å². The lowest BCUT2D eigenvalue weighted by Crippen LogP contribution is -2.39. The zero-order valence-corrected chi connectivity index (χ0v) is 27.4. The summed E-state index contributed by atoms with van der Waals surface area (Å²) in [5.74, 6) is -1.60. The van der Waals surface area contributed by atoms with Crippen molar-refractivity contribution in [2.45, 2.75) is 79.4 Å². The third kappa shape index (κ3) is 8.49. The van der Waals surface area contributed by atoms with Gasteiger partial charge in [0.1, 0.15) is 22.8 Å². The van der Waals surface area contributed by atoms with Gasteiger partial charge in [0, 0.05) is 48.6 Å². The molecule has 2 aromatic carbocycles. The van der Waals surface area contributed by atoms with E-state index in [1.807, 2.05) is 6.08 Å². The normalized spacial score (nSPS) is 15.7. The van der Waals surface area contributed by atoms with Crippen LogP contribution in [0.2, 0.25) is 0 Å². The summed E-state index contributed by atoms with van der Waals surface area (Å²) >= 11 is 0. The first-order valence-corrected chi connectivity index (χ1v) is 15.2. The lowest BCUT2D eigenvalue weighted by molar-refractivity contribution is 0.0260. The molecule has 10 heteroatoms. The number of carbonyl (C=O) groups excluding carboxylic acids is 3. The maximum Gasteiger partial charge on any atom is 0.410 e. The molecule has 1 N–H and O–H groups in total. The Labute approximate surface area is 264 Å². The topological polar surface area (TPSA) is 88.2 Å². The van der Waals surface area contributed by atoms with Crippen LogP contribution in [0.1, 0.15) is 87.0 Å². The van der Waals surface area contributed by atoms with E-state index >= 15 is 8.78 Å². The van der Waals surface area contributed by atoms with Gasteiger partial charge < -0.3 is 24.6 Å². The molecule has 2 heterocycles. The number of ether oxygens (including phenoxy) is 2. The van der Waals surface area contributed by atoms with Gasteiger partial charge in [0.2, 0.25) is 0 Å². The number of carbonyl (C=O) groups is 3. The zero-order valence-electron chi connectivity index (χ0n) is 27.4. The molecule has 2 aromatic rings. The largest absolute Gasteiger partial charge is 0.444 e. The van der Waals surface area contributed by atoms with Crippen molar-refractivity contribution >= 4 is 34.9 Å². The van der Waals surface area contributed by atoms with E-state index in [0.29, 0.717) is 61.3 Å². The van der Waals surface area contributed by atoms with E-state index in [9.17, 15) is 14.4 Å². The number of rotatable bonds is 4. The van der Waals surface area contributed by atoms with Gasteiger partial charge in [-0.25, -0.2) is 18.4 Å². The number of aryl methyl sites for hydroxylation is 2. The van der Waals surface area contributed by atoms with Crippen LogP contribution < -0.4 is 5.32 Å². The van der Waals surface area contributed by atoms with Crippen LogP contribution in [0, 0.1) is 25.5 Å². The first-order chi connectivity index (χ1) is 20.9. The molecule has 2 aliphatic heterocycles. The SMILES string of the molecule is Cc1cc(C2=CCN(C(=O)OC(C)(C)C)CC2)c(F)cc1NC(=O)c1cc(F)c(C2=CCN(C(=O)OC(C)(C)C)CC2)cc1C. The molecule has 0 fully saturated rings. The first-order valence-electron chi connectivity index (χ1n) is 15.2. The second kappa shape index (κ2) is 13.0. The summed E-state index contributed by atoms with van der Waals surface area (Å²) in [7, 11) is 0. The minimum Gasteiger partial charge on any atom is -0.444 e. The fraction of sp³-hybridized carbons (Fsp3) is 0.457. The van der Waals surface area contributed by atoms with Crippen LogP contribution in [0.5, 0.6) is 0 Å². The van der Waals surface area contributed by atoms with Crippen molar-refractivity contribution in [3.63, 3.8) is 0 Å². The summed E-state index contributed by atoms with van der Waals surface area (Å²) in [5, 5.41) is 2.74. The summed E-state index contributed by atoms with van der Waals surface area (Å²) in [5.41, 5.74) is 2.75. The highest BCUT2D eigenvalue weighted by atomic mass is 19.1. The van der Waals surface area contributed by atoms with E-state index in [0.717, 1.165) is 11.1 Å². The van der Waals surface area contributed by atoms with Gasteiger partial charge in [0.15, 0.2) is 0 Å².